The first kappa shape index (κ1) is 15.7. The predicted octanol–water partition coefficient (Wildman–Crippen LogP) is 1.72. The summed E-state index contributed by atoms with van der Waals surface area (Å²) in [5.41, 5.74) is 2.96. The van der Waals surface area contributed by atoms with Gasteiger partial charge in [0.25, 0.3) is 5.91 Å². The normalized spacial score (nSPS) is 29.9. The number of rotatable bonds is 5. The zero-order valence-electron chi connectivity index (χ0n) is 12.8. The number of carbonyl (C=O) groups excluding carboxylic acids is 1. The van der Waals surface area contributed by atoms with E-state index in [1.807, 2.05) is 11.9 Å². The molecule has 1 saturated carbocycles. The highest BCUT2D eigenvalue weighted by Crippen LogP contribution is 2.26. The Morgan fingerprint density at radius 1 is 1.40 bits per heavy atom. The van der Waals surface area contributed by atoms with Crippen molar-refractivity contribution in [3.05, 3.63) is 0 Å². The van der Waals surface area contributed by atoms with Gasteiger partial charge < -0.3 is 9.47 Å². The zero-order chi connectivity index (χ0) is 14.4. The van der Waals surface area contributed by atoms with Gasteiger partial charge in [-0.05, 0) is 25.2 Å². The number of morpholine rings is 1. The van der Waals surface area contributed by atoms with Crippen LogP contribution in [0, 0.1) is 5.92 Å². The monoisotopic (exact) mass is 284 g/mol. The van der Waals surface area contributed by atoms with Gasteiger partial charge in [-0.3, -0.25) is 10.2 Å². The third-order valence-electron chi connectivity index (χ3n) is 4.19. The lowest BCUT2D eigenvalue weighted by atomic mass is 9.88. The quantitative estimate of drug-likeness (QED) is 0.835. The van der Waals surface area contributed by atoms with Crippen molar-refractivity contribution in [2.45, 2.75) is 58.2 Å². The first-order chi connectivity index (χ1) is 9.69. The minimum absolute atomic E-state index is 0.00683. The van der Waals surface area contributed by atoms with Crippen LogP contribution in [-0.2, 0) is 14.3 Å². The number of hydrazine groups is 1. The fraction of sp³-hybridized carbons (Fsp3) is 0.933. The van der Waals surface area contributed by atoms with E-state index >= 15 is 0 Å². The van der Waals surface area contributed by atoms with Gasteiger partial charge in [0.05, 0.1) is 19.3 Å². The maximum Gasteiger partial charge on any atom is 0.263 e. The number of hydrogen-bond donors (Lipinski definition) is 1. The number of nitrogens with zero attached hydrogens (tertiary/aromatic N) is 1. The van der Waals surface area contributed by atoms with E-state index in [-0.39, 0.29) is 18.1 Å². The van der Waals surface area contributed by atoms with Gasteiger partial charge in [0.1, 0.15) is 6.10 Å². The van der Waals surface area contributed by atoms with Crippen molar-refractivity contribution in [3.63, 3.8) is 0 Å². The maximum atomic E-state index is 12.3. The van der Waals surface area contributed by atoms with Crippen LogP contribution in [0.5, 0.6) is 0 Å². The Kier molecular flexibility index (Phi) is 6.26. The molecule has 1 amide bonds. The van der Waals surface area contributed by atoms with Crippen LogP contribution in [-0.4, -0.2) is 49.4 Å². The highest BCUT2D eigenvalue weighted by Gasteiger charge is 2.27. The van der Waals surface area contributed by atoms with Crippen LogP contribution in [0.3, 0.4) is 0 Å². The van der Waals surface area contributed by atoms with Crippen molar-refractivity contribution in [3.8, 4) is 0 Å². The Morgan fingerprint density at radius 2 is 2.15 bits per heavy atom. The summed E-state index contributed by atoms with van der Waals surface area (Å²) in [5, 5.41) is 1.93. The van der Waals surface area contributed by atoms with E-state index in [0.717, 1.165) is 32.4 Å². The summed E-state index contributed by atoms with van der Waals surface area (Å²) in [7, 11) is 0. The van der Waals surface area contributed by atoms with Crippen LogP contribution in [0.15, 0.2) is 0 Å². The molecule has 1 N–H and O–H groups in total. The fourth-order valence-corrected chi connectivity index (χ4v) is 2.98. The lowest BCUT2D eigenvalue weighted by molar-refractivity contribution is -0.145. The second-order valence-electron chi connectivity index (χ2n) is 6.00. The van der Waals surface area contributed by atoms with Crippen LogP contribution in [0.2, 0.25) is 0 Å². The predicted molar refractivity (Wildman–Crippen MR) is 77.1 cm³/mol. The topological polar surface area (TPSA) is 50.8 Å². The summed E-state index contributed by atoms with van der Waals surface area (Å²) in [6.07, 6.45) is 5.32. The first-order valence-electron chi connectivity index (χ1n) is 7.97. The molecule has 116 valence electrons. The molecule has 1 aliphatic heterocycles. The van der Waals surface area contributed by atoms with E-state index in [1.54, 1.807) is 0 Å². The summed E-state index contributed by atoms with van der Waals surface area (Å²) < 4.78 is 11.3. The molecular formula is C15H28N2O3. The summed E-state index contributed by atoms with van der Waals surface area (Å²) >= 11 is 0. The summed E-state index contributed by atoms with van der Waals surface area (Å²) in [4.78, 5) is 12.3. The zero-order valence-corrected chi connectivity index (χ0v) is 12.8. The largest absolute Gasteiger partial charge is 0.379 e. The molecule has 0 aromatic heterocycles. The average Bonchev–Trinajstić information content (AvgIpc) is 2.46. The van der Waals surface area contributed by atoms with E-state index in [1.165, 1.54) is 12.8 Å². The molecule has 0 bridgehead atoms. The van der Waals surface area contributed by atoms with Crippen LogP contribution in [0.4, 0.5) is 0 Å². The van der Waals surface area contributed by atoms with E-state index in [2.05, 4.69) is 12.3 Å². The Morgan fingerprint density at radius 3 is 2.80 bits per heavy atom. The molecule has 1 heterocycles. The van der Waals surface area contributed by atoms with Crippen molar-refractivity contribution < 1.29 is 14.3 Å². The third-order valence-corrected chi connectivity index (χ3v) is 4.19. The molecule has 0 radical (unpaired) electrons. The number of nitrogens with one attached hydrogen (secondary N) is 1. The molecule has 0 aromatic carbocycles. The SMILES string of the molecule is CC[C@H](O[C@H]1CCC[C@@H](C)C1)C(=O)NN1CCOCC1. The van der Waals surface area contributed by atoms with Crippen molar-refractivity contribution in [2.24, 2.45) is 5.92 Å². The molecule has 3 atom stereocenters. The Labute approximate surface area is 122 Å². The minimum Gasteiger partial charge on any atom is -0.379 e. The molecular weight excluding hydrogens is 256 g/mol. The Balaban J connectivity index is 1.78. The van der Waals surface area contributed by atoms with Crippen LogP contribution in [0.1, 0.15) is 46.0 Å². The average molecular weight is 284 g/mol. The summed E-state index contributed by atoms with van der Waals surface area (Å²) in [5.74, 6) is 0.709. The van der Waals surface area contributed by atoms with Crippen molar-refractivity contribution in [2.75, 3.05) is 26.3 Å². The van der Waals surface area contributed by atoms with Gasteiger partial charge in [-0.25, -0.2) is 5.01 Å². The molecule has 1 aliphatic carbocycles. The van der Waals surface area contributed by atoms with E-state index in [0.29, 0.717) is 19.1 Å². The highest BCUT2D eigenvalue weighted by atomic mass is 16.5. The number of hydrogen-bond acceptors (Lipinski definition) is 4. The Hall–Kier alpha value is -0.650. The van der Waals surface area contributed by atoms with Crippen molar-refractivity contribution in [1.29, 1.82) is 0 Å². The molecule has 2 fully saturated rings. The van der Waals surface area contributed by atoms with Gasteiger partial charge in [0.2, 0.25) is 0 Å². The van der Waals surface area contributed by atoms with Crippen LogP contribution >= 0.6 is 0 Å². The summed E-state index contributed by atoms with van der Waals surface area (Å²) in [6.45, 7) is 7.14. The molecule has 0 aromatic rings. The van der Waals surface area contributed by atoms with Gasteiger partial charge in [-0.1, -0.05) is 26.7 Å². The first-order valence-corrected chi connectivity index (χ1v) is 7.97. The smallest absolute Gasteiger partial charge is 0.263 e. The Bertz CT molecular complexity index is 305. The third kappa shape index (κ3) is 4.72. The molecule has 5 heteroatoms. The second kappa shape index (κ2) is 7.96. The fourth-order valence-electron chi connectivity index (χ4n) is 2.98. The van der Waals surface area contributed by atoms with E-state index in [4.69, 9.17) is 9.47 Å². The lowest BCUT2D eigenvalue weighted by Crippen LogP contribution is -2.52. The van der Waals surface area contributed by atoms with Gasteiger partial charge in [0, 0.05) is 13.1 Å². The molecule has 20 heavy (non-hydrogen) atoms. The van der Waals surface area contributed by atoms with E-state index < -0.39 is 0 Å². The molecule has 1 saturated heterocycles. The minimum atomic E-state index is -0.326. The van der Waals surface area contributed by atoms with Gasteiger partial charge in [0.15, 0.2) is 0 Å². The standard InChI is InChI=1S/C15H28N2O3/c1-3-14(20-13-6-4-5-12(2)11-13)15(18)16-17-7-9-19-10-8-17/h12-14H,3-11H2,1-2H3,(H,16,18)/t12-,13+,14+/m1/s1. The lowest BCUT2D eigenvalue weighted by Gasteiger charge is -2.32. The molecule has 2 aliphatic rings. The highest BCUT2D eigenvalue weighted by molar-refractivity contribution is 5.80. The van der Waals surface area contributed by atoms with Gasteiger partial charge in [-0.2, -0.15) is 0 Å². The molecule has 0 unspecified atom stereocenters. The van der Waals surface area contributed by atoms with Gasteiger partial charge >= 0.3 is 0 Å². The number of amides is 1. The maximum absolute atomic E-state index is 12.3. The molecule has 2 rings (SSSR count). The number of ether oxygens (including phenoxy) is 2. The van der Waals surface area contributed by atoms with Crippen molar-refractivity contribution >= 4 is 5.91 Å². The van der Waals surface area contributed by atoms with Crippen LogP contribution < -0.4 is 5.43 Å². The van der Waals surface area contributed by atoms with Crippen LogP contribution in [0.25, 0.3) is 0 Å². The van der Waals surface area contributed by atoms with Gasteiger partial charge in [-0.15, -0.1) is 0 Å². The number of carbonyl (C=O) groups is 1. The second-order valence-corrected chi connectivity index (χ2v) is 6.00. The molecule has 5 nitrogen and oxygen atoms in total. The van der Waals surface area contributed by atoms with E-state index in [9.17, 15) is 4.79 Å². The molecule has 0 spiro atoms. The van der Waals surface area contributed by atoms with Crippen molar-refractivity contribution in [1.82, 2.24) is 10.4 Å². The summed E-state index contributed by atoms with van der Waals surface area (Å²) in [6, 6.07) is 0.